The molecule has 0 heterocycles. The second-order valence-corrected chi connectivity index (χ2v) is 5.19. The van der Waals surface area contributed by atoms with Crippen LogP contribution < -0.4 is 5.32 Å². The molecule has 92 valence electrons. The molecule has 1 saturated carbocycles. The Morgan fingerprint density at radius 3 is 2.41 bits per heavy atom. The molecule has 0 aliphatic heterocycles. The first-order chi connectivity index (χ1) is 8.16. The maximum absolute atomic E-state index is 12.1. The van der Waals surface area contributed by atoms with Gasteiger partial charge < -0.3 is 5.32 Å². The minimum Gasteiger partial charge on any atom is -0.326 e. The van der Waals surface area contributed by atoms with E-state index in [4.69, 9.17) is 0 Å². The number of carbonyl (C=O) groups excluding carboxylic acids is 1. The number of hydrogen-bond acceptors (Lipinski definition) is 1. The van der Waals surface area contributed by atoms with Crippen molar-refractivity contribution in [3.8, 4) is 0 Å². The molecule has 1 amide bonds. The zero-order chi connectivity index (χ0) is 12.3. The summed E-state index contributed by atoms with van der Waals surface area (Å²) in [5.74, 6) is 0.889. The van der Waals surface area contributed by atoms with Crippen LogP contribution in [0.1, 0.15) is 38.2 Å². The molecule has 2 heteroatoms. The highest BCUT2D eigenvalue weighted by molar-refractivity contribution is 5.92. The highest BCUT2D eigenvalue weighted by atomic mass is 16.1. The third kappa shape index (κ3) is 3.09. The predicted octanol–water partition coefficient (Wildman–Crippen LogP) is 3.76. The Hall–Kier alpha value is -1.31. The molecule has 1 N–H and O–H groups in total. The standard InChI is InChI=1S/C15H21NO/c1-11-7-9-14(10-8-11)16-15(17)12(2)13-5-3-4-6-13/h7-10,12-13H,3-6H2,1-2H3,(H,16,17). The van der Waals surface area contributed by atoms with E-state index in [1.165, 1.54) is 31.2 Å². The van der Waals surface area contributed by atoms with Crippen LogP contribution in [0, 0.1) is 18.8 Å². The van der Waals surface area contributed by atoms with Crippen LogP contribution in [0.5, 0.6) is 0 Å². The fraction of sp³-hybridized carbons (Fsp3) is 0.533. The summed E-state index contributed by atoms with van der Waals surface area (Å²) in [4.78, 5) is 12.1. The van der Waals surface area contributed by atoms with Crippen LogP contribution in [-0.4, -0.2) is 5.91 Å². The van der Waals surface area contributed by atoms with Gasteiger partial charge in [0, 0.05) is 11.6 Å². The number of anilines is 1. The van der Waals surface area contributed by atoms with Crippen molar-refractivity contribution < 1.29 is 4.79 Å². The molecule has 0 radical (unpaired) electrons. The summed E-state index contributed by atoms with van der Waals surface area (Å²) < 4.78 is 0. The second-order valence-electron chi connectivity index (χ2n) is 5.19. The van der Waals surface area contributed by atoms with E-state index in [9.17, 15) is 4.79 Å². The molecule has 1 fully saturated rings. The van der Waals surface area contributed by atoms with E-state index in [-0.39, 0.29) is 11.8 Å². The minimum atomic E-state index is 0.138. The fourth-order valence-corrected chi connectivity index (χ4v) is 2.56. The fourth-order valence-electron chi connectivity index (χ4n) is 2.56. The van der Waals surface area contributed by atoms with Gasteiger partial charge in [-0.25, -0.2) is 0 Å². The minimum absolute atomic E-state index is 0.138. The van der Waals surface area contributed by atoms with Crippen molar-refractivity contribution in [2.45, 2.75) is 39.5 Å². The lowest BCUT2D eigenvalue weighted by molar-refractivity contribution is -0.120. The Balaban J connectivity index is 1.93. The molecule has 1 atom stereocenters. The molecule has 17 heavy (non-hydrogen) atoms. The van der Waals surface area contributed by atoms with Crippen molar-refractivity contribution in [2.24, 2.45) is 11.8 Å². The van der Waals surface area contributed by atoms with E-state index in [0.717, 1.165) is 5.69 Å². The van der Waals surface area contributed by atoms with Crippen molar-refractivity contribution in [1.82, 2.24) is 0 Å². The van der Waals surface area contributed by atoms with Crippen LogP contribution in [0.15, 0.2) is 24.3 Å². The molecular formula is C15H21NO. The number of aryl methyl sites for hydroxylation is 1. The summed E-state index contributed by atoms with van der Waals surface area (Å²) in [6.45, 7) is 4.10. The van der Waals surface area contributed by atoms with Crippen molar-refractivity contribution in [3.63, 3.8) is 0 Å². The number of carbonyl (C=O) groups is 1. The monoisotopic (exact) mass is 231 g/mol. The van der Waals surface area contributed by atoms with Gasteiger partial charge in [0.1, 0.15) is 0 Å². The molecular weight excluding hydrogens is 210 g/mol. The van der Waals surface area contributed by atoms with Crippen LogP contribution in [0.4, 0.5) is 5.69 Å². The molecule has 2 nitrogen and oxygen atoms in total. The summed E-state index contributed by atoms with van der Waals surface area (Å²) >= 11 is 0. The van der Waals surface area contributed by atoms with Crippen LogP contribution in [0.25, 0.3) is 0 Å². The summed E-state index contributed by atoms with van der Waals surface area (Å²) in [6, 6.07) is 7.98. The number of rotatable bonds is 3. The van der Waals surface area contributed by atoms with Crippen LogP contribution in [-0.2, 0) is 4.79 Å². The van der Waals surface area contributed by atoms with Crippen LogP contribution >= 0.6 is 0 Å². The van der Waals surface area contributed by atoms with Gasteiger partial charge in [-0.05, 0) is 37.8 Å². The highest BCUT2D eigenvalue weighted by Crippen LogP contribution is 2.31. The van der Waals surface area contributed by atoms with Gasteiger partial charge in [-0.2, -0.15) is 0 Å². The van der Waals surface area contributed by atoms with Crippen molar-refractivity contribution in [2.75, 3.05) is 5.32 Å². The molecule has 1 aliphatic rings. The number of benzene rings is 1. The van der Waals surface area contributed by atoms with Gasteiger partial charge in [-0.15, -0.1) is 0 Å². The van der Waals surface area contributed by atoms with Gasteiger partial charge in [0.25, 0.3) is 0 Å². The number of amides is 1. The lowest BCUT2D eigenvalue weighted by Crippen LogP contribution is -2.25. The van der Waals surface area contributed by atoms with Gasteiger partial charge in [0.2, 0.25) is 5.91 Å². The second kappa shape index (κ2) is 5.35. The summed E-state index contributed by atoms with van der Waals surface area (Å²) in [5, 5.41) is 3.01. The summed E-state index contributed by atoms with van der Waals surface area (Å²) in [7, 11) is 0. The highest BCUT2D eigenvalue weighted by Gasteiger charge is 2.26. The average molecular weight is 231 g/mol. The van der Waals surface area contributed by atoms with Gasteiger partial charge in [-0.3, -0.25) is 4.79 Å². The van der Waals surface area contributed by atoms with Gasteiger partial charge in [0.05, 0.1) is 0 Å². The van der Waals surface area contributed by atoms with E-state index >= 15 is 0 Å². The summed E-state index contributed by atoms with van der Waals surface area (Å²) in [6.07, 6.45) is 4.99. The maximum atomic E-state index is 12.1. The largest absolute Gasteiger partial charge is 0.326 e. The Labute approximate surface area is 103 Å². The Kier molecular flexibility index (Phi) is 3.82. The number of hydrogen-bond donors (Lipinski definition) is 1. The molecule has 2 rings (SSSR count). The molecule has 0 aromatic heterocycles. The van der Waals surface area contributed by atoms with E-state index in [1.54, 1.807) is 0 Å². The quantitative estimate of drug-likeness (QED) is 0.843. The first kappa shape index (κ1) is 12.2. The van der Waals surface area contributed by atoms with Gasteiger partial charge in [0.15, 0.2) is 0 Å². The third-order valence-corrected chi connectivity index (χ3v) is 3.84. The SMILES string of the molecule is Cc1ccc(NC(=O)C(C)C2CCCC2)cc1. The van der Waals surface area contributed by atoms with Crippen molar-refractivity contribution in [1.29, 1.82) is 0 Å². The van der Waals surface area contributed by atoms with E-state index in [1.807, 2.05) is 31.2 Å². The predicted molar refractivity (Wildman–Crippen MR) is 70.9 cm³/mol. The van der Waals surface area contributed by atoms with E-state index in [2.05, 4.69) is 12.2 Å². The molecule has 0 spiro atoms. The number of nitrogens with one attached hydrogen (secondary N) is 1. The first-order valence-corrected chi connectivity index (χ1v) is 6.54. The normalized spacial score (nSPS) is 18.0. The van der Waals surface area contributed by atoms with Gasteiger partial charge >= 0.3 is 0 Å². The topological polar surface area (TPSA) is 29.1 Å². The average Bonchev–Trinajstić information content (AvgIpc) is 2.84. The Bertz CT molecular complexity index is 376. The molecule has 0 bridgehead atoms. The van der Waals surface area contributed by atoms with Crippen molar-refractivity contribution in [3.05, 3.63) is 29.8 Å². The lowest BCUT2D eigenvalue weighted by atomic mass is 9.92. The van der Waals surface area contributed by atoms with Crippen LogP contribution in [0.3, 0.4) is 0 Å². The molecule has 1 aromatic rings. The first-order valence-electron chi connectivity index (χ1n) is 6.54. The van der Waals surface area contributed by atoms with Gasteiger partial charge in [-0.1, -0.05) is 37.5 Å². The molecule has 0 saturated heterocycles. The zero-order valence-corrected chi connectivity index (χ0v) is 10.7. The Morgan fingerprint density at radius 1 is 1.24 bits per heavy atom. The smallest absolute Gasteiger partial charge is 0.227 e. The molecule has 1 aliphatic carbocycles. The van der Waals surface area contributed by atoms with E-state index in [0.29, 0.717) is 5.92 Å². The van der Waals surface area contributed by atoms with E-state index < -0.39 is 0 Å². The van der Waals surface area contributed by atoms with Crippen molar-refractivity contribution >= 4 is 11.6 Å². The van der Waals surface area contributed by atoms with Crippen LogP contribution in [0.2, 0.25) is 0 Å². The third-order valence-electron chi connectivity index (χ3n) is 3.84. The summed E-state index contributed by atoms with van der Waals surface area (Å²) in [5.41, 5.74) is 2.12. The zero-order valence-electron chi connectivity index (χ0n) is 10.7. The maximum Gasteiger partial charge on any atom is 0.227 e. The molecule has 1 unspecified atom stereocenters. The Morgan fingerprint density at radius 2 is 1.82 bits per heavy atom. The lowest BCUT2D eigenvalue weighted by Gasteiger charge is -2.18. The molecule has 1 aromatic carbocycles.